The fourth-order valence-corrected chi connectivity index (χ4v) is 3.67. The minimum atomic E-state index is -0.101. The molecule has 0 aromatic carbocycles. The van der Waals surface area contributed by atoms with Crippen LogP contribution < -0.4 is 5.32 Å². The molecule has 0 unspecified atom stereocenters. The van der Waals surface area contributed by atoms with Crippen molar-refractivity contribution < 1.29 is 9.26 Å². The van der Waals surface area contributed by atoms with Crippen LogP contribution in [0.5, 0.6) is 0 Å². The number of hydrogen-bond donors (Lipinski definition) is 1. The Kier molecular flexibility index (Phi) is 4.15. The van der Waals surface area contributed by atoms with Gasteiger partial charge in [-0.1, -0.05) is 12.1 Å². The van der Waals surface area contributed by atoms with Gasteiger partial charge in [-0.05, 0) is 31.2 Å². The second kappa shape index (κ2) is 6.45. The number of nitrogens with one attached hydrogen (secondary N) is 1. The van der Waals surface area contributed by atoms with Gasteiger partial charge in [0.25, 0.3) is 5.89 Å². The van der Waals surface area contributed by atoms with Crippen LogP contribution in [0.25, 0.3) is 10.2 Å². The molecule has 7 nitrogen and oxygen atoms in total. The van der Waals surface area contributed by atoms with E-state index in [1.807, 2.05) is 12.3 Å². The molecule has 4 rings (SSSR count). The van der Waals surface area contributed by atoms with Gasteiger partial charge in [0.2, 0.25) is 0 Å². The maximum Gasteiger partial charge on any atom is 0.255 e. The summed E-state index contributed by atoms with van der Waals surface area (Å²) in [5, 5.41) is 10.4. The Hall–Kier alpha value is -2.06. The summed E-state index contributed by atoms with van der Waals surface area (Å²) in [5.74, 6) is 2.96. The lowest BCUT2D eigenvalue weighted by atomic mass is 10.2. The third-order valence-electron chi connectivity index (χ3n) is 4.11. The van der Waals surface area contributed by atoms with Gasteiger partial charge in [0, 0.05) is 13.0 Å². The van der Waals surface area contributed by atoms with Crippen molar-refractivity contribution in [2.45, 2.75) is 45.3 Å². The lowest BCUT2D eigenvalue weighted by Gasteiger charge is -2.14. The SMILES string of the molecule is CCc1nc(NC[C@H]2CC[C@@H](c3nc(C)no3)O2)c2ccsc2n1. The van der Waals surface area contributed by atoms with Crippen LogP contribution in [0.1, 0.15) is 43.4 Å². The molecule has 0 aliphatic carbocycles. The minimum absolute atomic E-state index is 0.101. The van der Waals surface area contributed by atoms with Gasteiger partial charge >= 0.3 is 0 Å². The molecule has 24 heavy (non-hydrogen) atoms. The summed E-state index contributed by atoms with van der Waals surface area (Å²) in [4.78, 5) is 14.5. The van der Waals surface area contributed by atoms with Crippen molar-refractivity contribution in [1.82, 2.24) is 20.1 Å². The van der Waals surface area contributed by atoms with E-state index in [9.17, 15) is 0 Å². The fraction of sp³-hybridized carbons (Fsp3) is 0.500. The Bertz CT molecular complexity index is 846. The largest absolute Gasteiger partial charge is 0.367 e. The third kappa shape index (κ3) is 2.99. The second-order valence-corrected chi connectivity index (χ2v) is 6.76. The van der Waals surface area contributed by atoms with Gasteiger partial charge in [-0.25, -0.2) is 9.97 Å². The predicted molar refractivity (Wildman–Crippen MR) is 91.2 cm³/mol. The first kappa shape index (κ1) is 15.5. The van der Waals surface area contributed by atoms with Crippen LogP contribution >= 0.6 is 11.3 Å². The first-order valence-corrected chi connectivity index (χ1v) is 9.04. The quantitative estimate of drug-likeness (QED) is 0.759. The van der Waals surface area contributed by atoms with E-state index in [4.69, 9.17) is 9.26 Å². The molecule has 0 amide bonds. The number of rotatable bonds is 5. The Labute approximate surface area is 143 Å². The highest BCUT2D eigenvalue weighted by Gasteiger charge is 2.30. The summed E-state index contributed by atoms with van der Waals surface area (Å²) in [6.45, 7) is 4.58. The molecule has 1 N–H and O–H groups in total. The predicted octanol–water partition coefficient (Wildman–Crippen LogP) is 3.28. The monoisotopic (exact) mass is 345 g/mol. The van der Waals surface area contributed by atoms with Crippen molar-refractivity contribution in [2.24, 2.45) is 0 Å². The number of aromatic nitrogens is 4. The molecule has 3 aromatic rings. The molecular weight excluding hydrogens is 326 g/mol. The molecule has 8 heteroatoms. The van der Waals surface area contributed by atoms with E-state index in [0.717, 1.165) is 41.1 Å². The molecule has 2 atom stereocenters. The van der Waals surface area contributed by atoms with Crippen LogP contribution in [0.3, 0.4) is 0 Å². The Morgan fingerprint density at radius 2 is 2.21 bits per heavy atom. The highest BCUT2D eigenvalue weighted by atomic mass is 32.1. The molecule has 1 fully saturated rings. The summed E-state index contributed by atoms with van der Waals surface area (Å²) in [6.07, 6.45) is 2.68. The van der Waals surface area contributed by atoms with E-state index in [0.29, 0.717) is 18.3 Å². The number of thiophene rings is 1. The average molecular weight is 345 g/mol. The Morgan fingerprint density at radius 3 is 3.00 bits per heavy atom. The maximum absolute atomic E-state index is 6.03. The van der Waals surface area contributed by atoms with E-state index in [1.54, 1.807) is 11.3 Å². The molecule has 1 aliphatic rings. The number of hydrogen-bond acceptors (Lipinski definition) is 8. The van der Waals surface area contributed by atoms with Crippen LogP contribution in [0.15, 0.2) is 16.0 Å². The topological polar surface area (TPSA) is 86.0 Å². The van der Waals surface area contributed by atoms with Crippen LogP contribution in [0.4, 0.5) is 5.82 Å². The second-order valence-electron chi connectivity index (χ2n) is 5.87. The smallest absolute Gasteiger partial charge is 0.255 e. The first-order chi connectivity index (χ1) is 11.7. The average Bonchev–Trinajstić information content (AvgIpc) is 3.32. The summed E-state index contributed by atoms with van der Waals surface area (Å²) in [7, 11) is 0. The fourth-order valence-electron chi connectivity index (χ4n) is 2.88. The van der Waals surface area contributed by atoms with E-state index < -0.39 is 0 Å². The zero-order valence-corrected chi connectivity index (χ0v) is 14.5. The van der Waals surface area contributed by atoms with Crippen molar-refractivity contribution in [1.29, 1.82) is 0 Å². The van der Waals surface area contributed by atoms with Gasteiger partial charge in [0.1, 0.15) is 22.6 Å². The lowest BCUT2D eigenvalue weighted by molar-refractivity contribution is 0.0326. The van der Waals surface area contributed by atoms with E-state index in [-0.39, 0.29) is 12.2 Å². The first-order valence-electron chi connectivity index (χ1n) is 8.16. The number of aryl methyl sites for hydroxylation is 2. The van der Waals surface area contributed by atoms with Crippen molar-refractivity contribution in [3.05, 3.63) is 29.0 Å². The highest BCUT2D eigenvalue weighted by molar-refractivity contribution is 7.16. The summed E-state index contributed by atoms with van der Waals surface area (Å²) < 4.78 is 11.2. The molecule has 0 spiro atoms. The molecule has 1 aliphatic heterocycles. The highest BCUT2D eigenvalue weighted by Crippen LogP contribution is 2.32. The molecule has 0 radical (unpaired) electrons. The van der Waals surface area contributed by atoms with Gasteiger partial charge in [0.05, 0.1) is 11.5 Å². The van der Waals surface area contributed by atoms with Gasteiger partial charge in [0.15, 0.2) is 5.82 Å². The standard InChI is InChI=1S/C16H19N5O2S/c1-3-13-19-14(11-6-7-24-16(11)20-13)17-8-10-4-5-12(22-10)15-18-9(2)21-23-15/h6-7,10,12H,3-5,8H2,1-2H3,(H,17,19,20)/t10-,12+/m1/s1. The zero-order valence-electron chi connectivity index (χ0n) is 13.7. The van der Waals surface area contributed by atoms with Crippen molar-refractivity contribution in [3.63, 3.8) is 0 Å². The van der Waals surface area contributed by atoms with Crippen molar-refractivity contribution in [3.8, 4) is 0 Å². The molecular formula is C16H19N5O2S. The van der Waals surface area contributed by atoms with Gasteiger partial charge in [-0.2, -0.15) is 4.98 Å². The molecule has 0 saturated carbocycles. The summed E-state index contributed by atoms with van der Waals surface area (Å²) in [6, 6.07) is 2.06. The van der Waals surface area contributed by atoms with Crippen molar-refractivity contribution in [2.75, 3.05) is 11.9 Å². The molecule has 3 aromatic heterocycles. The number of ether oxygens (including phenoxy) is 1. The Balaban J connectivity index is 1.43. The van der Waals surface area contributed by atoms with E-state index in [2.05, 4.69) is 38.4 Å². The molecule has 4 heterocycles. The zero-order chi connectivity index (χ0) is 16.5. The normalized spacial score (nSPS) is 20.8. The van der Waals surface area contributed by atoms with Crippen LogP contribution in [0, 0.1) is 6.92 Å². The van der Waals surface area contributed by atoms with Crippen LogP contribution in [-0.2, 0) is 11.2 Å². The van der Waals surface area contributed by atoms with Crippen molar-refractivity contribution >= 4 is 27.4 Å². The Morgan fingerprint density at radius 1 is 1.29 bits per heavy atom. The van der Waals surface area contributed by atoms with Crippen LogP contribution in [-0.4, -0.2) is 32.8 Å². The number of anilines is 1. The van der Waals surface area contributed by atoms with Gasteiger partial charge < -0.3 is 14.6 Å². The number of nitrogens with zero attached hydrogens (tertiary/aromatic N) is 4. The van der Waals surface area contributed by atoms with Gasteiger partial charge in [-0.3, -0.25) is 0 Å². The summed E-state index contributed by atoms with van der Waals surface area (Å²) in [5.41, 5.74) is 0. The van der Waals surface area contributed by atoms with E-state index >= 15 is 0 Å². The van der Waals surface area contributed by atoms with Crippen LogP contribution in [0.2, 0.25) is 0 Å². The maximum atomic E-state index is 6.03. The summed E-state index contributed by atoms with van der Waals surface area (Å²) >= 11 is 1.64. The molecule has 1 saturated heterocycles. The molecule has 0 bridgehead atoms. The molecule has 126 valence electrons. The van der Waals surface area contributed by atoms with E-state index in [1.165, 1.54) is 0 Å². The minimum Gasteiger partial charge on any atom is -0.367 e. The van der Waals surface area contributed by atoms with Gasteiger partial charge in [-0.15, -0.1) is 11.3 Å². The lowest BCUT2D eigenvalue weighted by Crippen LogP contribution is -2.20. The number of fused-ring (bicyclic) bond motifs is 1. The third-order valence-corrected chi connectivity index (χ3v) is 4.92.